The first-order valence-corrected chi connectivity index (χ1v) is 12.3. The molecule has 1 saturated heterocycles. The van der Waals surface area contributed by atoms with Crippen LogP contribution in [-0.4, -0.2) is 47.3 Å². The number of hydrogen-bond donors (Lipinski definition) is 1. The van der Waals surface area contributed by atoms with Gasteiger partial charge in [-0.2, -0.15) is 22.6 Å². The third kappa shape index (κ3) is 4.07. The Bertz CT molecular complexity index is 1400. The number of aromatic nitrogens is 2. The van der Waals surface area contributed by atoms with E-state index in [2.05, 4.69) is 5.10 Å². The number of sulfonamides is 1. The SMILES string of the molecule is O=S(=O)(c1ccc(C(F)(F)F)cc1)N1CCC2=Cc3c(cnn3-c3ccc(F)cc3)CC2(CO)C1. The molecular formula is C24H21F4N3O3S. The number of nitrogens with zero attached hydrogens (tertiary/aromatic N) is 3. The lowest BCUT2D eigenvalue weighted by Gasteiger charge is -2.45. The number of fused-ring (bicyclic) bond motifs is 2. The van der Waals surface area contributed by atoms with Crippen molar-refractivity contribution in [2.45, 2.75) is 23.9 Å². The van der Waals surface area contributed by atoms with E-state index in [4.69, 9.17) is 0 Å². The summed E-state index contributed by atoms with van der Waals surface area (Å²) in [7, 11) is -4.07. The van der Waals surface area contributed by atoms with Crippen molar-refractivity contribution in [3.63, 3.8) is 0 Å². The average Bonchev–Trinajstić information content (AvgIpc) is 3.24. The summed E-state index contributed by atoms with van der Waals surface area (Å²) in [5.41, 5.74) is 1.33. The van der Waals surface area contributed by atoms with E-state index in [9.17, 15) is 31.1 Å². The van der Waals surface area contributed by atoms with Gasteiger partial charge in [0, 0.05) is 18.5 Å². The summed E-state index contributed by atoms with van der Waals surface area (Å²) >= 11 is 0. The molecule has 0 radical (unpaired) electrons. The lowest BCUT2D eigenvalue weighted by Crippen LogP contribution is -2.51. The van der Waals surface area contributed by atoms with Crippen LogP contribution in [0.25, 0.3) is 11.8 Å². The molecule has 1 unspecified atom stereocenters. The highest BCUT2D eigenvalue weighted by Crippen LogP contribution is 2.45. The van der Waals surface area contributed by atoms with Gasteiger partial charge in [0.2, 0.25) is 10.0 Å². The van der Waals surface area contributed by atoms with Crippen LogP contribution in [0.5, 0.6) is 0 Å². The Balaban J connectivity index is 1.45. The van der Waals surface area contributed by atoms with E-state index < -0.39 is 27.2 Å². The first kappa shape index (κ1) is 23.7. The summed E-state index contributed by atoms with van der Waals surface area (Å²) in [5.74, 6) is -0.367. The minimum atomic E-state index is -4.56. The van der Waals surface area contributed by atoms with Crippen LogP contribution in [-0.2, 0) is 22.6 Å². The van der Waals surface area contributed by atoms with Crippen molar-refractivity contribution >= 4 is 16.1 Å². The second kappa shape index (κ2) is 8.28. The van der Waals surface area contributed by atoms with Crippen molar-refractivity contribution in [2.24, 2.45) is 5.41 Å². The Labute approximate surface area is 199 Å². The number of aliphatic hydroxyl groups is 1. The highest BCUT2D eigenvalue weighted by Gasteiger charge is 2.45. The topological polar surface area (TPSA) is 75.4 Å². The van der Waals surface area contributed by atoms with Gasteiger partial charge in [-0.25, -0.2) is 17.5 Å². The predicted molar refractivity (Wildman–Crippen MR) is 120 cm³/mol. The molecule has 1 N–H and O–H groups in total. The van der Waals surface area contributed by atoms with Gasteiger partial charge in [0.1, 0.15) is 5.82 Å². The molecule has 1 aliphatic heterocycles. The molecule has 6 nitrogen and oxygen atoms in total. The number of halogens is 4. The van der Waals surface area contributed by atoms with Gasteiger partial charge in [-0.3, -0.25) is 0 Å². The second-order valence-electron chi connectivity index (χ2n) is 8.84. The van der Waals surface area contributed by atoms with Crippen molar-refractivity contribution in [2.75, 3.05) is 19.7 Å². The van der Waals surface area contributed by atoms with E-state index in [-0.39, 0.29) is 30.4 Å². The van der Waals surface area contributed by atoms with E-state index in [0.29, 0.717) is 18.5 Å². The number of benzene rings is 2. The summed E-state index contributed by atoms with van der Waals surface area (Å²) < 4.78 is 81.4. The summed E-state index contributed by atoms with van der Waals surface area (Å²) in [6, 6.07) is 9.30. The molecule has 5 rings (SSSR count). The van der Waals surface area contributed by atoms with E-state index in [1.165, 1.54) is 16.4 Å². The molecule has 2 heterocycles. The van der Waals surface area contributed by atoms with E-state index >= 15 is 0 Å². The maximum atomic E-state index is 13.3. The summed E-state index contributed by atoms with van der Waals surface area (Å²) in [6.45, 7) is -0.199. The second-order valence-corrected chi connectivity index (χ2v) is 10.8. The molecule has 1 atom stereocenters. The van der Waals surface area contributed by atoms with Gasteiger partial charge in [0.25, 0.3) is 0 Å². The lowest BCUT2D eigenvalue weighted by molar-refractivity contribution is -0.137. The van der Waals surface area contributed by atoms with Crippen molar-refractivity contribution in [1.82, 2.24) is 14.1 Å². The van der Waals surface area contributed by atoms with Gasteiger partial charge in [0.05, 0.1) is 34.6 Å². The molecule has 0 amide bonds. The standard InChI is InChI=1S/C24H21F4N3O3S/c25-19-3-5-20(6-4-19)31-22-11-18-9-10-30(14-23(18,15-32)12-16(22)13-29-31)35(33,34)21-7-1-17(2-8-21)24(26,27)28/h1-8,11,13,32H,9-10,12,14-15H2. The molecule has 1 aliphatic carbocycles. The van der Waals surface area contributed by atoms with Crippen LogP contribution in [0.15, 0.2) is 65.2 Å². The largest absolute Gasteiger partial charge is 0.416 e. The van der Waals surface area contributed by atoms with Gasteiger partial charge in [-0.05, 0) is 73.0 Å². The zero-order valence-electron chi connectivity index (χ0n) is 18.3. The maximum Gasteiger partial charge on any atom is 0.416 e. The molecule has 184 valence electrons. The highest BCUT2D eigenvalue weighted by molar-refractivity contribution is 7.89. The Morgan fingerprint density at radius 2 is 1.74 bits per heavy atom. The maximum absolute atomic E-state index is 13.3. The van der Waals surface area contributed by atoms with E-state index in [1.54, 1.807) is 23.0 Å². The normalized spacial score (nSPS) is 20.8. The zero-order valence-corrected chi connectivity index (χ0v) is 19.2. The van der Waals surface area contributed by atoms with Crippen LogP contribution < -0.4 is 0 Å². The van der Waals surface area contributed by atoms with Crippen LogP contribution in [0.4, 0.5) is 17.6 Å². The lowest BCUT2D eigenvalue weighted by atomic mass is 9.69. The fraction of sp³-hybridized carbons (Fsp3) is 0.292. The number of rotatable bonds is 4. The minimum absolute atomic E-state index is 0.0140. The van der Waals surface area contributed by atoms with Crippen molar-refractivity contribution in [3.8, 4) is 5.69 Å². The first-order chi connectivity index (χ1) is 16.5. The van der Waals surface area contributed by atoms with Gasteiger partial charge in [-0.1, -0.05) is 5.57 Å². The molecule has 3 aromatic rings. The van der Waals surface area contributed by atoms with E-state index in [1.807, 2.05) is 6.08 Å². The van der Waals surface area contributed by atoms with Crippen LogP contribution in [0.3, 0.4) is 0 Å². The Hall–Kier alpha value is -3.02. The molecule has 11 heteroatoms. The highest BCUT2D eigenvalue weighted by atomic mass is 32.2. The van der Waals surface area contributed by atoms with Crippen LogP contribution >= 0.6 is 0 Å². The molecule has 1 aromatic heterocycles. The Morgan fingerprint density at radius 1 is 1.06 bits per heavy atom. The molecule has 2 aliphatic rings. The van der Waals surface area contributed by atoms with Crippen LogP contribution in [0.2, 0.25) is 0 Å². The molecule has 0 bridgehead atoms. The smallest absolute Gasteiger partial charge is 0.395 e. The van der Waals surface area contributed by atoms with Crippen molar-refractivity contribution in [3.05, 3.63) is 82.9 Å². The zero-order chi connectivity index (χ0) is 25.0. The fourth-order valence-corrected chi connectivity index (χ4v) is 6.33. The number of alkyl halides is 3. The van der Waals surface area contributed by atoms with Crippen LogP contribution in [0.1, 0.15) is 23.2 Å². The van der Waals surface area contributed by atoms with Crippen molar-refractivity contribution in [1.29, 1.82) is 0 Å². The van der Waals surface area contributed by atoms with E-state index in [0.717, 1.165) is 41.1 Å². The minimum Gasteiger partial charge on any atom is -0.395 e. The molecule has 0 saturated carbocycles. The number of hydrogen-bond acceptors (Lipinski definition) is 4. The van der Waals surface area contributed by atoms with Gasteiger partial charge < -0.3 is 5.11 Å². The summed E-state index contributed by atoms with van der Waals surface area (Å²) in [5, 5.41) is 14.8. The average molecular weight is 508 g/mol. The Kier molecular flexibility index (Phi) is 5.61. The number of piperidine rings is 1. The predicted octanol–water partition coefficient (Wildman–Crippen LogP) is 4.04. The monoisotopic (exact) mass is 507 g/mol. The molecule has 0 spiro atoms. The third-order valence-electron chi connectivity index (χ3n) is 6.71. The first-order valence-electron chi connectivity index (χ1n) is 10.9. The molecule has 1 fully saturated rings. The third-order valence-corrected chi connectivity index (χ3v) is 8.57. The fourth-order valence-electron chi connectivity index (χ4n) is 4.80. The molecule has 35 heavy (non-hydrogen) atoms. The Morgan fingerprint density at radius 3 is 2.37 bits per heavy atom. The number of aliphatic hydroxyl groups excluding tert-OH is 1. The summed E-state index contributed by atoms with van der Waals surface area (Å²) in [6.07, 6.45) is -0.342. The molecular weight excluding hydrogens is 486 g/mol. The van der Waals surface area contributed by atoms with Gasteiger partial charge in [-0.15, -0.1) is 0 Å². The van der Waals surface area contributed by atoms with Gasteiger partial charge in [0.15, 0.2) is 0 Å². The van der Waals surface area contributed by atoms with Crippen LogP contribution in [0, 0.1) is 11.2 Å². The summed E-state index contributed by atoms with van der Waals surface area (Å²) in [4.78, 5) is -0.230. The van der Waals surface area contributed by atoms with Gasteiger partial charge >= 0.3 is 6.18 Å². The quantitative estimate of drug-likeness (QED) is 0.541. The van der Waals surface area contributed by atoms with Crippen molar-refractivity contribution < 1.29 is 31.1 Å². The molecule has 2 aromatic carbocycles.